The monoisotopic (exact) mass is 346 g/mol. The molecule has 26 heavy (non-hydrogen) atoms. The highest BCUT2D eigenvalue weighted by Gasteiger charge is 2.19. The van der Waals surface area contributed by atoms with Gasteiger partial charge in [-0.05, 0) is 29.3 Å². The predicted octanol–water partition coefficient (Wildman–Crippen LogP) is 4.73. The van der Waals surface area contributed by atoms with Crippen molar-refractivity contribution in [1.29, 1.82) is 0 Å². The van der Waals surface area contributed by atoms with Crippen LogP contribution in [-0.4, -0.2) is 16.2 Å². The summed E-state index contributed by atoms with van der Waals surface area (Å²) in [6, 6.07) is 21.3. The van der Waals surface area contributed by atoms with Crippen molar-refractivity contribution in [2.45, 2.75) is 6.61 Å². The lowest BCUT2D eigenvalue weighted by atomic mass is 9.93. The van der Waals surface area contributed by atoms with Crippen LogP contribution >= 0.6 is 0 Å². The minimum Gasteiger partial charge on any atom is -0.507 e. The Hall–Kier alpha value is -3.53. The van der Waals surface area contributed by atoms with Gasteiger partial charge in [-0.2, -0.15) is 0 Å². The molecule has 0 aromatic heterocycles. The number of carboxylic acid groups (broad SMARTS) is 1. The van der Waals surface area contributed by atoms with Crippen molar-refractivity contribution in [3.63, 3.8) is 0 Å². The minimum absolute atomic E-state index is 0.00661. The maximum Gasteiger partial charge on any atom is 0.336 e. The molecular weight excluding hydrogens is 328 g/mol. The van der Waals surface area contributed by atoms with Crippen molar-refractivity contribution < 1.29 is 19.7 Å². The van der Waals surface area contributed by atoms with E-state index in [4.69, 9.17) is 4.74 Å². The second-order valence-corrected chi connectivity index (χ2v) is 5.75. The van der Waals surface area contributed by atoms with Crippen LogP contribution in [0.4, 0.5) is 0 Å². The molecule has 0 bridgehead atoms. The Morgan fingerprint density at radius 3 is 2.27 bits per heavy atom. The third-order valence-corrected chi connectivity index (χ3v) is 4.02. The summed E-state index contributed by atoms with van der Waals surface area (Å²) < 4.78 is 5.92. The number of rotatable bonds is 6. The summed E-state index contributed by atoms with van der Waals surface area (Å²) in [5.41, 5.74) is 2.22. The number of benzene rings is 3. The minimum atomic E-state index is -1.13. The predicted molar refractivity (Wildman–Crippen MR) is 100 cm³/mol. The molecule has 0 saturated carbocycles. The van der Waals surface area contributed by atoms with E-state index in [2.05, 4.69) is 6.58 Å². The molecule has 0 aliphatic rings. The summed E-state index contributed by atoms with van der Waals surface area (Å²) in [6.07, 6.45) is 0. The molecule has 0 heterocycles. The molecule has 3 aromatic carbocycles. The van der Waals surface area contributed by atoms with Crippen molar-refractivity contribution in [3.8, 4) is 11.5 Å². The highest BCUT2D eigenvalue weighted by Crippen LogP contribution is 2.36. The summed E-state index contributed by atoms with van der Waals surface area (Å²) in [5.74, 6) is -0.687. The van der Waals surface area contributed by atoms with E-state index in [-0.39, 0.29) is 16.9 Å². The van der Waals surface area contributed by atoms with Gasteiger partial charge in [-0.3, -0.25) is 0 Å². The smallest absolute Gasteiger partial charge is 0.336 e. The molecule has 0 atom stereocenters. The number of aromatic hydroxyl groups is 1. The van der Waals surface area contributed by atoms with Gasteiger partial charge in [-0.1, -0.05) is 61.2 Å². The topological polar surface area (TPSA) is 66.8 Å². The van der Waals surface area contributed by atoms with Gasteiger partial charge in [0.1, 0.15) is 18.1 Å². The molecule has 0 aliphatic heterocycles. The van der Waals surface area contributed by atoms with Crippen LogP contribution in [0, 0.1) is 0 Å². The summed E-state index contributed by atoms with van der Waals surface area (Å²) in [7, 11) is 0. The molecule has 3 rings (SSSR count). The van der Waals surface area contributed by atoms with Crippen LogP contribution < -0.4 is 4.74 Å². The summed E-state index contributed by atoms with van der Waals surface area (Å²) in [6.45, 7) is 4.38. The van der Waals surface area contributed by atoms with Crippen molar-refractivity contribution in [2.75, 3.05) is 0 Å². The molecule has 0 unspecified atom stereocenters. The van der Waals surface area contributed by atoms with E-state index in [1.807, 2.05) is 42.5 Å². The third-order valence-electron chi connectivity index (χ3n) is 4.02. The van der Waals surface area contributed by atoms with E-state index < -0.39 is 5.97 Å². The van der Waals surface area contributed by atoms with Crippen LogP contribution in [0.5, 0.6) is 11.5 Å². The van der Waals surface area contributed by atoms with Crippen LogP contribution in [0.2, 0.25) is 0 Å². The molecule has 0 amide bonds. The molecule has 4 nitrogen and oxygen atoms in total. The van der Waals surface area contributed by atoms with E-state index in [1.165, 1.54) is 18.2 Å². The number of phenols is 1. The first-order valence-corrected chi connectivity index (χ1v) is 8.08. The van der Waals surface area contributed by atoms with Gasteiger partial charge in [0.05, 0.1) is 5.56 Å². The molecule has 3 aromatic rings. The fourth-order valence-corrected chi connectivity index (χ4v) is 2.75. The molecule has 0 saturated heterocycles. The lowest BCUT2D eigenvalue weighted by Crippen LogP contribution is -2.04. The number of carboxylic acids is 1. The summed E-state index contributed by atoms with van der Waals surface area (Å²) >= 11 is 0. The van der Waals surface area contributed by atoms with Gasteiger partial charge in [-0.15, -0.1) is 0 Å². The van der Waals surface area contributed by atoms with Gasteiger partial charge in [0.15, 0.2) is 0 Å². The molecule has 4 heteroatoms. The Morgan fingerprint density at radius 1 is 0.885 bits per heavy atom. The largest absolute Gasteiger partial charge is 0.507 e. The number of carbonyl (C=O) groups is 1. The van der Waals surface area contributed by atoms with Crippen LogP contribution in [0.15, 0.2) is 79.4 Å². The quantitative estimate of drug-likeness (QED) is 0.677. The Kier molecular flexibility index (Phi) is 5.04. The third kappa shape index (κ3) is 3.59. The van der Waals surface area contributed by atoms with Crippen molar-refractivity contribution in [3.05, 3.63) is 102 Å². The summed E-state index contributed by atoms with van der Waals surface area (Å²) in [5, 5.41) is 19.6. The molecule has 130 valence electrons. The van der Waals surface area contributed by atoms with Gasteiger partial charge >= 0.3 is 5.97 Å². The zero-order valence-corrected chi connectivity index (χ0v) is 14.1. The molecule has 0 fully saturated rings. The number of hydrogen-bond acceptors (Lipinski definition) is 3. The lowest BCUT2D eigenvalue weighted by molar-refractivity contribution is 0.0696. The Bertz CT molecular complexity index is 945. The number of para-hydroxylation sites is 1. The molecule has 0 aliphatic carbocycles. The SMILES string of the molecule is C=C(c1ccccc1OCc1ccccc1)c1c(O)cccc1C(=O)O. The van der Waals surface area contributed by atoms with Crippen LogP contribution in [0.25, 0.3) is 5.57 Å². The Labute approximate surface area is 151 Å². The van der Waals surface area contributed by atoms with Gasteiger partial charge in [0.2, 0.25) is 0 Å². The van der Waals surface area contributed by atoms with E-state index in [0.717, 1.165) is 5.56 Å². The maximum atomic E-state index is 11.5. The first kappa shape index (κ1) is 17.3. The van der Waals surface area contributed by atoms with Gasteiger partial charge < -0.3 is 14.9 Å². The van der Waals surface area contributed by atoms with Gasteiger partial charge in [0, 0.05) is 11.1 Å². The first-order valence-electron chi connectivity index (χ1n) is 8.08. The maximum absolute atomic E-state index is 11.5. The average Bonchev–Trinajstić information content (AvgIpc) is 2.66. The normalized spacial score (nSPS) is 10.3. The molecule has 2 N–H and O–H groups in total. The zero-order chi connectivity index (χ0) is 18.5. The highest BCUT2D eigenvalue weighted by atomic mass is 16.5. The first-order chi connectivity index (χ1) is 12.6. The van der Waals surface area contributed by atoms with Crippen LogP contribution in [0.1, 0.15) is 27.0 Å². The van der Waals surface area contributed by atoms with Crippen LogP contribution in [0.3, 0.4) is 0 Å². The van der Waals surface area contributed by atoms with Gasteiger partial charge in [-0.25, -0.2) is 4.79 Å². The van der Waals surface area contributed by atoms with E-state index in [0.29, 0.717) is 23.5 Å². The second-order valence-electron chi connectivity index (χ2n) is 5.75. The number of phenolic OH excluding ortho intramolecular Hbond substituents is 1. The van der Waals surface area contributed by atoms with Crippen molar-refractivity contribution in [2.24, 2.45) is 0 Å². The zero-order valence-electron chi connectivity index (χ0n) is 14.1. The average molecular weight is 346 g/mol. The fourth-order valence-electron chi connectivity index (χ4n) is 2.75. The van der Waals surface area contributed by atoms with E-state index >= 15 is 0 Å². The molecule has 0 radical (unpaired) electrons. The van der Waals surface area contributed by atoms with E-state index in [1.54, 1.807) is 12.1 Å². The van der Waals surface area contributed by atoms with E-state index in [9.17, 15) is 15.0 Å². The summed E-state index contributed by atoms with van der Waals surface area (Å²) in [4.78, 5) is 11.5. The Morgan fingerprint density at radius 2 is 1.54 bits per heavy atom. The fraction of sp³-hybridized carbons (Fsp3) is 0.0455. The molecule has 0 spiro atoms. The Balaban J connectivity index is 1.95. The number of hydrogen-bond donors (Lipinski definition) is 2. The number of ether oxygens (including phenoxy) is 1. The molecular formula is C22H18O4. The standard InChI is InChI=1S/C22H18O4/c1-15(21-18(22(24)25)11-7-12-19(21)23)17-10-5-6-13-20(17)26-14-16-8-3-2-4-9-16/h2-13,23H,1,14H2,(H,24,25). The highest BCUT2D eigenvalue weighted by molar-refractivity contribution is 5.98. The van der Waals surface area contributed by atoms with Crippen molar-refractivity contribution in [1.82, 2.24) is 0 Å². The van der Waals surface area contributed by atoms with Crippen LogP contribution in [-0.2, 0) is 6.61 Å². The second kappa shape index (κ2) is 7.57. The van der Waals surface area contributed by atoms with Crippen molar-refractivity contribution >= 4 is 11.5 Å². The lowest BCUT2D eigenvalue weighted by Gasteiger charge is -2.16. The number of aromatic carboxylic acids is 1. The van der Waals surface area contributed by atoms with Gasteiger partial charge in [0.25, 0.3) is 0 Å².